The van der Waals surface area contributed by atoms with E-state index in [9.17, 15) is 5.26 Å². The van der Waals surface area contributed by atoms with Crippen molar-refractivity contribution in [1.82, 2.24) is 4.57 Å². The zero-order valence-corrected chi connectivity index (χ0v) is 11.3. The number of fused-ring (bicyclic) bond motifs is 3. The summed E-state index contributed by atoms with van der Waals surface area (Å²) in [6.07, 6.45) is 3.42. The molecule has 1 atom stereocenters. The van der Waals surface area contributed by atoms with Crippen LogP contribution in [-0.2, 0) is 6.42 Å². The molecule has 0 N–H and O–H groups in total. The lowest BCUT2D eigenvalue weighted by Gasteiger charge is -2.23. The first-order valence-corrected chi connectivity index (χ1v) is 6.74. The van der Waals surface area contributed by atoms with E-state index in [2.05, 4.69) is 51.7 Å². The van der Waals surface area contributed by atoms with Crippen LogP contribution >= 0.6 is 15.9 Å². The van der Waals surface area contributed by atoms with Crippen molar-refractivity contribution in [3.8, 4) is 6.07 Å². The van der Waals surface area contributed by atoms with Crippen LogP contribution in [0.3, 0.4) is 0 Å². The van der Waals surface area contributed by atoms with Gasteiger partial charge >= 0.3 is 0 Å². The highest BCUT2D eigenvalue weighted by atomic mass is 79.9. The monoisotopic (exact) mass is 288 g/mol. The molecule has 3 heteroatoms. The second-order valence-corrected chi connectivity index (χ2v) is 5.62. The standard InChI is InChI=1S/C14H13BrN2/c1-9-3-2-4-13-12(8-16)11-7-10(15)5-6-14(11)17(9)13/h5-7,9H,2-4H2,1H3. The van der Waals surface area contributed by atoms with E-state index >= 15 is 0 Å². The summed E-state index contributed by atoms with van der Waals surface area (Å²) in [6.45, 7) is 2.24. The van der Waals surface area contributed by atoms with Gasteiger partial charge in [0.2, 0.25) is 0 Å². The minimum Gasteiger partial charge on any atom is -0.340 e. The fourth-order valence-electron chi connectivity index (χ4n) is 2.91. The van der Waals surface area contributed by atoms with E-state index in [1.54, 1.807) is 0 Å². The maximum atomic E-state index is 9.38. The minimum absolute atomic E-state index is 0.504. The van der Waals surface area contributed by atoms with Crippen LogP contribution in [0.4, 0.5) is 0 Å². The summed E-state index contributed by atoms with van der Waals surface area (Å²) in [5.41, 5.74) is 3.29. The maximum Gasteiger partial charge on any atom is 0.102 e. The first-order valence-electron chi connectivity index (χ1n) is 5.95. The predicted molar refractivity (Wildman–Crippen MR) is 72.0 cm³/mol. The Morgan fingerprint density at radius 3 is 3.06 bits per heavy atom. The minimum atomic E-state index is 0.504. The predicted octanol–water partition coefficient (Wildman–Crippen LogP) is 4.17. The van der Waals surface area contributed by atoms with E-state index in [0.29, 0.717) is 6.04 Å². The van der Waals surface area contributed by atoms with Gasteiger partial charge in [-0.05, 0) is 44.4 Å². The van der Waals surface area contributed by atoms with E-state index < -0.39 is 0 Å². The molecule has 1 aliphatic heterocycles. The molecule has 1 unspecified atom stereocenters. The number of nitriles is 1. The van der Waals surface area contributed by atoms with Crippen molar-refractivity contribution in [2.24, 2.45) is 0 Å². The first-order chi connectivity index (χ1) is 8.22. The smallest absolute Gasteiger partial charge is 0.102 e. The Bertz CT molecular complexity index is 634. The summed E-state index contributed by atoms with van der Waals surface area (Å²) in [5, 5.41) is 10.5. The van der Waals surface area contributed by atoms with E-state index in [1.165, 1.54) is 24.1 Å². The average Bonchev–Trinajstić information content (AvgIpc) is 2.63. The molecule has 2 aromatic rings. The summed E-state index contributed by atoms with van der Waals surface area (Å²) >= 11 is 3.49. The largest absolute Gasteiger partial charge is 0.340 e. The SMILES string of the molecule is CC1CCCc2c(C#N)c3cc(Br)ccc3n21. The second-order valence-electron chi connectivity index (χ2n) is 4.71. The molecule has 0 radical (unpaired) electrons. The second kappa shape index (κ2) is 3.89. The Labute approximate surface area is 109 Å². The number of hydrogen-bond acceptors (Lipinski definition) is 1. The molecule has 3 rings (SSSR count). The van der Waals surface area contributed by atoms with Gasteiger partial charge in [-0.2, -0.15) is 5.26 Å². The zero-order chi connectivity index (χ0) is 12.0. The molecule has 2 heterocycles. The third-order valence-electron chi connectivity index (χ3n) is 3.65. The molecule has 1 aromatic heterocycles. The normalized spacial score (nSPS) is 19.0. The Morgan fingerprint density at radius 1 is 1.47 bits per heavy atom. The molecule has 0 saturated heterocycles. The summed E-state index contributed by atoms with van der Waals surface area (Å²) < 4.78 is 3.39. The Balaban J connectivity index is 2.44. The summed E-state index contributed by atoms with van der Waals surface area (Å²) in [5.74, 6) is 0. The van der Waals surface area contributed by atoms with Crippen LogP contribution in [0.2, 0.25) is 0 Å². The summed E-state index contributed by atoms with van der Waals surface area (Å²) in [4.78, 5) is 0. The van der Waals surface area contributed by atoms with Gasteiger partial charge < -0.3 is 4.57 Å². The fraction of sp³-hybridized carbons (Fsp3) is 0.357. The summed E-state index contributed by atoms with van der Waals surface area (Å²) in [6, 6.07) is 9.12. The average molecular weight is 289 g/mol. The number of rotatable bonds is 0. The molecule has 1 aromatic carbocycles. The topological polar surface area (TPSA) is 28.7 Å². The van der Waals surface area contributed by atoms with Crippen LogP contribution in [0.5, 0.6) is 0 Å². The Kier molecular flexibility index (Phi) is 2.48. The van der Waals surface area contributed by atoms with Crippen molar-refractivity contribution >= 4 is 26.8 Å². The molecule has 0 bridgehead atoms. The lowest BCUT2D eigenvalue weighted by Crippen LogP contribution is -2.14. The Hall–Kier alpha value is -1.27. The zero-order valence-electron chi connectivity index (χ0n) is 9.70. The molecule has 0 fully saturated rings. The molecule has 0 aliphatic carbocycles. The molecule has 2 nitrogen and oxygen atoms in total. The van der Waals surface area contributed by atoms with Gasteiger partial charge in [0.25, 0.3) is 0 Å². The number of aromatic nitrogens is 1. The molecular weight excluding hydrogens is 276 g/mol. The van der Waals surface area contributed by atoms with Crippen LogP contribution in [0.15, 0.2) is 22.7 Å². The van der Waals surface area contributed by atoms with Gasteiger partial charge in [-0.25, -0.2) is 0 Å². The molecular formula is C14H13BrN2. The van der Waals surface area contributed by atoms with Gasteiger partial charge in [-0.15, -0.1) is 0 Å². The highest BCUT2D eigenvalue weighted by Gasteiger charge is 2.23. The van der Waals surface area contributed by atoms with E-state index in [1.807, 2.05) is 0 Å². The number of hydrogen-bond donors (Lipinski definition) is 0. The van der Waals surface area contributed by atoms with Crippen molar-refractivity contribution in [2.45, 2.75) is 32.2 Å². The van der Waals surface area contributed by atoms with Crippen LogP contribution in [0.1, 0.15) is 37.1 Å². The van der Waals surface area contributed by atoms with Crippen LogP contribution in [0.25, 0.3) is 10.9 Å². The maximum absolute atomic E-state index is 9.38. The Morgan fingerprint density at radius 2 is 2.29 bits per heavy atom. The highest BCUT2D eigenvalue weighted by Crippen LogP contribution is 2.36. The van der Waals surface area contributed by atoms with Crippen molar-refractivity contribution in [1.29, 1.82) is 5.26 Å². The van der Waals surface area contributed by atoms with Crippen LogP contribution in [-0.4, -0.2) is 4.57 Å². The van der Waals surface area contributed by atoms with Crippen molar-refractivity contribution in [2.75, 3.05) is 0 Å². The molecule has 0 saturated carbocycles. The lowest BCUT2D eigenvalue weighted by atomic mass is 10.0. The van der Waals surface area contributed by atoms with Gasteiger partial charge in [0, 0.05) is 27.1 Å². The van der Waals surface area contributed by atoms with Crippen molar-refractivity contribution < 1.29 is 0 Å². The molecule has 86 valence electrons. The van der Waals surface area contributed by atoms with E-state index in [4.69, 9.17) is 0 Å². The number of halogens is 1. The highest BCUT2D eigenvalue weighted by molar-refractivity contribution is 9.10. The summed E-state index contributed by atoms with van der Waals surface area (Å²) in [7, 11) is 0. The van der Waals surface area contributed by atoms with E-state index in [0.717, 1.165) is 21.8 Å². The van der Waals surface area contributed by atoms with Crippen molar-refractivity contribution in [3.05, 3.63) is 33.9 Å². The number of benzene rings is 1. The van der Waals surface area contributed by atoms with Gasteiger partial charge in [-0.3, -0.25) is 0 Å². The third-order valence-corrected chi connectivity index (χ3v) is 4.15. The van der Waals surface area contributed by atoms with Crippen molar-refractivity contribution in [3.63, 3.8) is 0 Å². The van der Waals surface area contributed by atoms with Gasteiger partial charge in [-0.1, -0.05) is 15.9 Å². The molecule has 17 heavy (non-hydrogen) atoms. The van der Waals surface area contributed by atoms with Crippen LogP contribution in [0, 0.1) is 11.3 Å². The quantitative estimate of drug-likeness (QED) is 0.715. The van der Waals surface area contributed by atoms with Crippen LogP contribution < -0.4 is 0 Å². The lowest BCUT2D eigenvalue weighted by molar-refractivity contribution is 0.443. The first kappa shape index (κ1) is 10.9. The van der Waals surface area contributed by atoms with E-state index in [-0.39, 0.29) is 0 Å². The third kappa shape index (κ3) is 1.51. The van der Waals surface area contributed by atoms with Gasteiger partial charge in [0.05, 0.1) is 5.56 Å². The fourth-order valence-corrected chi connectivity index (χ4v) is 3.27. The molecule has 1 aliphatic rings. The van der Waals surface area contributed by atoms with Gasteiger partial charge in [0.1, 0.15) is 6.07 Å². The molecule has 0 spiro atoms. The van der Waals surface area contributed by atoms with Gasteiger partial charge in [0.15, 0.2) is 0 Å². The number of nitrogens with zero attached hydrogens (tertiary/aromatic N) is 2. The molecule has 0 amide bonds.